The van der Waals surface area contributed by atoms with Crippen molar-refractivity contribution in [2.75, 3.05) is 6.54 Å². The van der Waals surface area contributed by atoms with Crippen molar-refractivity contribution < 1.29 is 0 Å². The van der Waals surface area contributed by atoms with E-state index in [2.05, 4.69) is 45.3 Å². The van der Waals surface area contributed by atoms with Crippen LogP contribution in [0, 0.1) is 10.8 Å². The van der Waals surface area contributed by atoms with Gasteiger partial charge in [-0.2, -0.15) is 0 Å². The molecule has 1 aliphatic rings. The standard InChI is InChI=1S/C11H21N.2C2H6/c1-10(2)5-6-11(3,4)9-12-8-7-10;2*1-2/h7-8,12H,5-6,9H2,1-4H3;2*1-2H3/b8-7-;;. The van der Waals surface area contributed by atoms with Gasteiger partial charge in [0.1, 0.15) is 0 Å². The van der Waals surface area contributed by atoms with Crippen molar-refractivity contribution in [1.82, 2.24) is 5.32 Å². The highest BCUT2D eigenvalue weighted by Gasteiger charge is 2.23. The third kappa shape index (κ3) is 8.82. The maximum absolute atomic E-state index is 3.35. The molecule has 0 aromatic heterocycles. The molecule has 1 nitrogen and oxygen atoms in total. The average Bonchev–Trinajstić information content (AvgIpc) is 2.27. The summed E-state index contributed by atoms with van der Waals surface area (Å²) in [5.41, 5.74) is 0.812. The monoisotopic (exact) mass is 227 g/mol. The van der Waals surface area contributed by atoms with Crippen molar-refractivity contribution in [3.8, 4) is 0 Å². The zero-order valence-corrected chi connectivity index (χ0v) is 12.8. The fraction of sp³-hybridized carbons (Fsp3) is 0.867. The van der Waals surface area contributed by atoms with Gasteiger partial charge in [-0.1, -0.05) is 61.5 Å². The van der Waals surface area contributed by atoms with Crippen LogP contribution in [0.25, 0.3) is 0 Å². The fourth-order valence-corrected chi connectivity index (χ4v) is 1.45. The normalized spacial score (nSPS) is 23.0. The molecule has 0 fully saturated rings. The summed E-state index contributed by atoms with van der Waals surface area (Å²) in [6.45, 7) is 18.4. The van der Waals surface area contributed by atoms with E-state index >= 15 is 0 Å². The second kappa shape index (κ2) is 8.66. The van der Waals surface area contributed by atoms with Crippen LogP contribution in [0.3, 0.4) is 0 Å². The van der Waals surface area contributed by atoms with Gasteiger partial charge in [0.2, 0.25) is 0 Å². The molecule has 0 radical (unpaired) electrons. The molecule has 1 N–H and O–H groups in total. The van der Waals surface area contributed by atoms with E-state index in [1.807, 2.05) is 27.7 Å². The lowest BCUT2D eigenvalue weighted by Crippen LogP contribution is -2.30. The Morgan fingerprint density at radius 2 is 1.38 bits per heavy atom. The lowest BCUT2D eigenvalue weighted by Gasteiger charge is -2.32. The first kappa shape index (κ1) is 17.9. The minimum Gasteiger partial charge on any atom is -0.391 e. The first-order valence-corrected chi connectivity index (χ1v) is 6.82. The third-order valence-corrected chi connectivity index (χ3v) is 2.68. The van der Waals surface area contributed by atoms with E-state index in [4.69, 9.17) is 0 Å². The smallest absolute Gasteiger partial charge is 0.0192 e. The van der Waals surface area contributed by atoms with E-state index in [9.17, 15) is 0 Å². The van der Waals surface area contributed by atoms with Gasteiger partial charge in [0.25, 0.3) is 0 Å². The van der Waals surface area contributed by atoms with Crippen molar-refractivity contribution in [1.29, 1.82) is 0 Å². The molecule has 0 aromatic carbocycles. The van der Waals surface area contributed by atoms with Crippen molar-refractivity contribution in [2.45, 2.75) is 68.2 Å². The third-order valence-electron chi connectivity index (χ3n) is 2.68. The van der Waals surface area contributed by atoms with Gasteiger partial charge in [0.05, 0.1) is 0 Å². The Morgan fingerprint density at radius 1 is 0.875 bits per heavy atom. The molecule has 1 rings (SSSR count). The second-order valence-corrected chi connectivity index (χ2v) is 5.37. The molecule has 1 heteroatoms. The van der Waals surface area contributed by atoms with E-state index in [0.29, 0.717) is 10.8 Å². The van der Waals surface area contributed by atoms with Crippen molar-refractivity contribution >= 4 is 0 Å². The molecular formula is C15H33N. The summed E-state index contributed by atoms with van der Waals surface area (Å²) < 4.78 is 0. The average molecular weight is 227 g/mol. The topological polar surface area (TPSA) is 12.0 Å². The van der Waals surface area contributed by atoms with Crippen LogP contribution in [0.5, 0.6) is 0 Å². The van der Waals surface area contributed by atoms with E-state index in [1.165, 1.54) is 12.8 Å². The molecule has 1 heterocycles. The minimum absolute atomic E-state index is 0.366. The highest BCUT2D eigenvalue weighted by Crippen LogP contribution is 2.32. The van der Waals surface area contributed by atoms with Gasteiger partial charge in [-0.25, -0.2) is 0 Å². The quantitative estimate of drug-likeness (QED) is 0.615. The lowest BCUT2D eigenvalue weighted by atomic mass is 9.78. The Bertz CT molecular complexity index is 178. The summed E-state index contributed by atoms with van der Waals surface area (Å²) in [6.07, 6.45) is 6.98. The van der Waals surface area contributed by atoms with Crippen LogP contribution in [0.4, 0.5) is 0 Å². The van der Waals surface area contributed by atoms with Crippen LogP contribution in [0.1, 0.15) is 68.2 Å². The SMILES string of the molecule is CC.CC.CC1(C)/C=C\NCC(C)(C)CC1. The minimum atomic E-state index is 0.366. The zero-order chi connectivity index (χ0) is 13.2. The summed E-state index contributed by atoms with van der Waals surface area (Å²) in [5, 5.41) is 3.35. The van der Waals surface area contributed by atoms with E-state index in [1.54, 1.807) is 0 Å². The molecule has 1 aliphatic heterocycles. The molecule has 0 aromatic rings. The van der Waals surface area contributed by atoms with Crippen molar-refractivity contribution in [3.05, 3.63) is 12.3 Å². The molecule has 0 spiro atoms. The first-order valence-electron chi connectivity index (χ1n) is 6.82. The molecule has 0 saturated carbocycles. The van der Waals surface area contributed by atoms with Gasteiger partial charge < -0.3 is 5.32 Å². The summed E-state index contributed by atoms with van der Waals surface area (Å²) in [5.74, 6) is 0. The van der Waals surface area contributed by atoms with Gasteiger partial charge in [0, 0.05) is 6.54 Å². The van der Waals surface area contributed by atoms with Gasteiger partial charge >= 0.3 is 0 Å². The number of rotatable bonds is 0. The van der Waals surface area contributed by atoms with Crippen LogP contribution in [-0.4, -0.2) is 6.54 Å². The molecule has 98 valence electrons. The predicted octanol–water partition coefficient (Wildman–Crippen LogP) is 4.99. The van der Waals surface area contributed by atoms with E-state index < -0.39 is 0 Å². The van der Waals surface area contributed by atoms with Gasteiger partial charge in [-0.05, 0) is 29.9 Å². The number of hydrogen-bond donors (Lipinski definition) is 1. The highest BCUT2D eigenvalue weighted by atomic mass is 14.8. The van der Waals surface area contributed by atoms with Crippen molar-refractivity contribution in [2.24, 2.45) is 10.8 Å². The molecule has 16 heavy (non-hydrogen) atoms. The molecule has 0 atom stereocenters. The second-order valence-electron chi connectivity index (χ2n) is 5.37. The van der Waals surface area contributed by atoms with E-state index in [-0.39, 0.29) is 0 Å². The maximum atomic E-state index is 3.35. The van der Waals surface area contributed by atoms with Crippen molar-refractivity contribution in [3.63, 3.8) is 0 Å². The maximum Gasteiger partial charge on any atom is 0.0192 e. The summed E-state index contributed by atoms with van der Waals surface area (Å²) in [7, 11) is 0. The van der Waals surface area contributed by atoms with E-state index in [0.717, 1.165) is 6.54 Å². The molecule has 0 bridgehead atoms. The summed E-state index contributed by atoms with van der Waals surface area (Å²) in [6, 6.07) is 0. The Morgan fingerprint density at radius 3 is 1.88 bits per heavy atom. The van der Waals surface area contributed by atoms with Gasteiger partial charge in [-0.3, -0.25) is 0 Å². The lowest BCUT2D eigenvalue weighted by molar-refractivity contribution is 0.262. The van der Waals surface area contributed by atoms with Gasteiger partial charge in [0.15, 0.2) is 0 Å². The van der Waals surface area contributed by atoms with Crippen LogP contribution in [0.15, 0.2) is 12.3 Å². The fourth-order valence-electron chi connectivity index (χ4n) is 1.45. The highest BCUT2D eigenvalue weighted by molar-refractivity contribution is 4.97. The van der Waals surface area contributed by atoms with Crippen LogP contribution >= 0.6 is 0 Å². The molecule has 0 aliphatic carbocycles. The summed E-state index contributed by atoms with van der Waals surface area (Å²) >= 11 is 0. The Labute approximate surface area is 104 Å². The number of nitrogens with one attached hydrogen (secondary N) is 1. The predicted molar refractivity (Wildman–Crippen MR) is 76.6 cm³/mol. The zero-order valence-electron chi connectivity index (χ0n) is 12.8. The Hall–Kier alpha value is -0.460. The largest absolute Gasteiger partial charge is 0.391 e. The van der Waals surface area contributed by atoms with Crippen LogP contribution in [0.2, 0.25) is 0 Å². The van der Waals surface area contributed by atoms with Crippen LogP contribution in [-0.2, 0) is 0 Å². The molecule has 0 amide bonds. The van der Waals surface area contributed by atoms with Gasteiger partial charge in [-0.15, -0.1) is 0 Å². The van der Waals surface area contributed by atoms with Crippen LogP contribution < -0.4 is 5.32 Å². The molecule has 0 saturated heterocycles. The molecule has 0 unspecified atom stereocenters. The Balaban J connectivity index is 0. The Kier molecular flexibility index (Phi) is 9.70. The number of hydrogen-bond acceptors (Lipinski definition) is 1. The summed E-state index contributed by atoms with van der Waals surface area (Å²) in [4.78, 5) is 0. The molecular weight excluding hydrogens is 194 g/mol. The number of allylic oxidation sites excluding steroid dienone is 1. The first-order chi connectivity index (χ1) is 7.41.